The van der Waals surface area contributed by atoms with Gasteiger partial charge in [-0.1, -0.05) is 6.42 Å². The molecule has 0 spiro atoms. The number of hydrogen-bond acceptors (Lipinski definition) is 8. The molecular formula is C30H44N4O7. The predicted molar refractivity (Wildman–Crippen MR) is 156 cm³/mol. The van der Waals surface area contributed by atoms with E-state index >= 15 is 0 Å². The lowest BCUT2D eigenvalue weighted by atomic mass is 9.90. The number of benzene rings is 1. The molecule has 0 heterocycles. The van der Waals surface area contributed by atoms with Crippen LogP contribution < -0.4 is 21.3 Å². The van der Waals surface area contributed by atoms with Crippen LogP contribution in [0.3, 0.4) is 0 Å². The minimum absolute atomic E-state index is 0.00349. The fourth-order valence-corrected chi connectivity index (χ4v) is 4.33. The number of ether oxygens (including phenoxy) is 2. The van der Waals surface area contributed by atoms with Crippen LogP contribution in [-0.2, 0) is 23.9 Å². The maximum atomic E-state index is 12.9. The van der Waals surface area contributed by atoms with Gasteiger partial charge >= 0.3 is 6.09 Å². The molecule has 1 aliphatic rings. The summed E-state index contributed by atoms with van der Waals surface area (Å²) in [5.74, 6) is -0.713. The fourth-order valence-electron chi connectivity index (χ4n) is 4.33. The summed E-state index contributed by atoms with van der Waals surface area (Å²) < 4.78 is 10.5. The first-order valence-electron chi connectivity index (χ1n) is 14.4. The predicted octanol–water partition coefficient (Wildman–Crippen LogP) is 3.64. The van der Waals surface area contributed by atoms with Crippen molar-refractivity contribution in [3.8, 4) is 0 Å². The molecule has 0 saturated heterocycles. The highest BCUT2D eigenvalue weighted by atomic mass is 16.5. The van der Waals surface area contributed by atoms with E-state index in [9.17, 15) is 24.0 Å². The summed E-state index contributed by atoms with van der Waals surface area (Å²) in [6, 6.07) is 6.68. The number of hydrogen-bond donors (Lipinski definition) is 4. The maximum absolute atomic E-state index is 12.9. The first-order valence-corrected chi connectivity index (χ1v) is 14.4. The molecule has 226 valence electrons. The van der Waals surface area contributed by atoms with Crippen molar-refractivity contribution in [2.75, 3.05) is 45.3 Å². The number of unbranched alkanes of at least 4 members (excludes halogenated alkanes) is 2. The van der Waals surface area contributed by atoms with Gasteiger partial charge in [-0.2, -0.15) is 0 Å². The van der Waals surface area contributed by atoms with Gasteiger partial charge in [-0.05, 0) is 69.7 Å². The lowest BCUT2D eigenvalue weighted by Crippen LogP contribution is -2.31. The third-order valence-corrected chi connectivity index (χ3v) is 6.51. The average Bonchev–Trinajstić information content (AvgIpc) is 2.96. The number of Topliss-reactive ketones (excluding diaryl/α,β-unsaturated/α-hetero) is 2. The number of anilines is 1. The van der Waals surface area contributed by atoms with Gasteiger partial charge in [0.25, 0.3) is 0 Å². The summed E-state index contributed by atoms with van der Waals surface area (Å²) in [6.45, 7) is 3.17. The molecule has 0 fully saturated rings. The molecule has 11 heteroatoms. The van der Waals surface area contributed by atoms with Crippen molar-refractivity contribution < 1.29 is 33.4 Å². The Balaban J connectivity index is 1.52. The van der Waals surface area contributed by atoms with Crippen LogP contribution in [0.15, 0.2) is 35.5 Å². The standard InChI is InChI=1S/C30H44N4O7/c1-22(35)9-4-3-7-16-33-30(39)41-19-8-18-40-20-17-32-27(36)21-28(37)34-24-14-12-23(13-15-24)29(38)25-10-5-6-11-26(25)31-2/h12-15,31H,3-11,16-21H2,1-2H3,(H,32,36)(H,33,39)(H,34,37). The summed E-state index contributed by atoms with van der Waals surface area (Å²) in [7, 11) is 1.83. The Morgan fingerprint density at radius 3 is 2.29 bits per heavy atom. The molecule has 0 atom stereocenters. The molecule has 41 heavy (non-hydrogen) atoms. The van der Waals surface area contributed by atoms with Crippen molar-refractivity contribution in [1.82, 2.24) is 16.0 Å². The van der Waals surface area contributed by atoms with Crippen molar-refractivity contribution >= 4 is 35.2 Å². The van der Waals surface area contributed by atoms with Gasteiger partial charge in [-0.25, -0.2) is 4.79 Å². The van der Waals surface area contributed by atoms with E-state index in [1.54, 1.807) is 31.2 Å². The van der Waals surface area contributed by atoms with E-state index in [1.165, 1.54) is 0 Å². The topological polar surface area (TPSA) is 152 Å². The molecule has 0 aromatic heterocycles. The quantitative estimate of drug-likeness (QED) is 0.111. The number of ketones is 2. The van der Waals surface area contributed by atoms with Gasteiger partial charge in [0.1, 0.15) is 12.2 Å². The van der Waals surface area contributed by atoms with Crippen LogP contribution in [0.4, 0.5) is 10.5 Å². The largest absolute Gasteiger partial charge is 0.449 e. The second-order valence-corrected chi connectivity index (χ2v) is 9.94. The van der Waals surface area contributed by atoms with Gasteiger partial charge in [0.2, 0.25) is 11.8 Å². The third kappa shape index (κ3) is 13.9. The Morgan fingerprint density at radius 2 is 1.56 bits per heavy atom. The molecule has 1 aromatic carbocycles. The van der Waals surface area contributed by atoms with Crippen LogP contribution in [0.5, 0.6) is 0 Å². The first kappa shape index (κ1) is 33.5. The number of carbonyl (C=O) groups excluding carboxylic acids is 5. The number of amides is 3. The minimum Gasteiger partial charge on any atom is -0.449 e. The lowest BCUT2D eigenvalue weighted by molar-refractivity contribution is -0.127. The fraction of sp³-hybridized carbons (Fsp3) is 0.567. The summed E-state index contributed by atoms with van der Waals surface area (Å²) in [5, 5.41) is 11.1. The zero-order chi connectivity index (χ0) is 29.9. The van der Waals surface area contributed by atoms with Crippen molar-refractivity contribution in [3.63, 3.8) is 0 Å². The van der Waals surface area contributed by atoms with Crippen molar-refractivity contribution in [2.24, 2.45) is 0 Å². The van der Waals surface area contributed by atoms with E-state index < -0.39 is 17.9 Å². The molecule has 0 radical (unpaired) electrons. The molecule has 0 bridgehead atoms. The monoisotopic (exact) mass is 572 g/mol. The lowest BCUT2D eigenvalue weighted by Gasteiger charge is -2.19. The van der Waals surface area contributed by atoms with E-state index in [2.05, 4.69) is 21.3 Å². The number of allylic oxidation sites excluding steroid dienone is 2. The molecule has 4 N–H and O–H groups in total. The first-order chi connectivity index (χ1) is 19.8. The summed E-state index contributed by atoms with van der Waals surface area (Å²) in [5.41, 5.74) is 2.88. The maximum Gasteiger partial charge on any atom is 0.407 e. The smallest absolute Gasteiger partial charge is 0.407 e. The number of rotatable bonds is 19. The van der Waals surface area contributed by atoms with Gasteiger partial charge < -0.3 is 35.5 Å². The Labute approximate surface area is 242 Å². The van der Waals surface area contributed by atoms with Crippen LogP contribution in [0, 0.1) is 0 Å². The summed E-state index contributed by atoms with van der Waals surface area (Å²) >= 11 is 0. The van der Waals surface area contributed by atoms with Crippen LogP contribution in [0.1, 0.15) is 81.5 Å². The third-order valence-electron chi connectivity index (χ3n) is 6.51. The molecule has 2 rings (SSSR count). The Morgan fingerprint density at radius 1 is 0.805 bits per heavy atom. The average molecular weight is 573 g/mol. The highest BCUT2D eigenvalue weighted by molar-refractivity contribution is 6.09. The zero-order valence-electron chi connectivity index (χ0n) is 24.3. The van der Waals surface area contributed by atoms with Crippen LogP contribution in [0.25, 0.3) is 0 Å². The second kappa shape index (κ2) is 19.4. The SMILES string of the molecule is CNC1=C(C(=O)c2ccc(NC(=O)CC(=O)NCCOCCCOC(=O)NCCCCCC(C)=O)cc2)CCCC1. The highest BCUT2D eigenvalue weighted by Crippen LogP contribution is 2.26. The Kier molecular flexibility index (Phi) is 15.8. The van der Waals surface area contributed by atoms with Crippen molar-refractivity contribution in [3.05, 3.63) is 41.1 Å². The van der Waals surface area contributed by atoms with E-state index in [-0.39, 0.29) is 37.7 Å². The molecule has 1 aromatic rings. The van der Waals surface area contributed by atoms with E-state index in [1.807, 2.05) is 7.05 Å². The van der Waals surface area contributed by atoms with Crippen molar-refractivity contribution in [1.29, 1.82) is 0 Å². The van der Waals surface area contributed by atoms with Crippen LogP contribution in [0.2, 0.25) is 0 Å². The second-order valence-electron chi connectivity index (χ2n) is 9.94. The summed E-state index contributed by atoms with van der Waals surface area (Å²) in [4.78, 5) is 59.6. The molecule has 1 aliphatic carbocycles. The molecule has 0 saturated carbocycles. The highest BCUT2D eigenvalue weighted by Gasteiger charge is 2.20. The number of nitrogens with one attached hydrogen (secondary N) is 4. The van der Waals surface area contributed by atoms with Crippen molar-refractivity contribution in [2.45, 2.75) is 71.1 Å². The number of alkyl carbamates (subject to hydrolysis) is 1. The van der Waals surface area contributed by atoms with Gasteiger partial charge in [0.05, 0.1) is 13.2 Å². The van der Waals surface area contributed by atoms with Gasteiger partial charge in [0, 0.05) is 62.1 Å². The molecule has 0 unspecified atom stereocenters. The zero-order valence-corrected chi connectivity index (χ0v) is 24.3. The number of carbonyl (C=O) groups is 5. The Bertz CT molecular complexity index is 1050. The molecule has 11 nitrogen and oxygen atoms in total. The normalized spacial score (nSPS) is 12.8. The summed E-state index contributed by atoms with van der Waals surface area (Å²) in [6.07, 6.45) is 6.47. The van der Waals surface area contributed by atoms with Gasteiger partial charge in [-0.15, -0.1) is 0 Å². The molecule has 0 aliphatic heterocycles. The van der Waals surface area contributed by atoms with E-state index in [4.69, 9.17) is 9.47 Å². The molecular weight excluding hydrogens is 528 g/mol. The van der Waals surface area contributed by atoms with Crippen LogP contribution in [-0.4, -0.2) is 69.4 Å². The Hall–Kier alpha value is -3.73. The molecule has 3 amide bonds. The minimum atomic E-state index is -0.480. The van der Waals surface area contributed by atoms with Gasteiger partial charge in [-0.3, -0.25) is 14.4 Å². The van der Waals surface area contributed by atoms with E-state index in [0.29, 0.717) is 37.2 Å². The van der Waals surface area contributed by atoms with E-state index in [0.717, 1.165) is 56.2 Å². The van der Waals surface area contributed by atoms with Crippen LogP contribution >= 0.6 is 0 Å². The van der Waals surface area contributed by atoms with Gasteiger partial charge in [0.15, 0.2) is 5.78 Å².